The van der Waals surface area contributed by atoms with E-state index in [-0.39, 0.29) is 28.3 Å². The standard InChI is InChI=1S/C30H32ClFN4O4S/c31-24-7-3-6-23(25(24)32)29-34-26(19-8-10-20(11-9-19)36-14-16-41(38,39)17-15-36)27(40-29)21-4-1-2-5-22(21)28(37)35-30(18-33)12-13-30/h3,6-11,21-22,38-39H,1-2,4-5,12-17H2,(H,35,37)/t21-,22-/m1/s1. The zero-order valence-corrected chi connectivity index (χ0v) is 24.1. The van der Waals surface area contributed by atoms with Gasteiger partial charge in [-0.25, -0.2) is 9.37 Å². The number of benzene rings is 2. The van der Waals surface area contributed by atoms with Crippen molar-refractivity contribution in [3.8, 4) is 28.8 Å². The maximum Gasteiger partial charge on any atom is 0.229 e. The molecule has 3 aliphatic rings. The summed E-state index contributed by atoms with van der Waals surface area (Å²) in [4.78, 5) is 20.3. The molecule has 3 N–H and O–H groups in total. The van der Waals surface area contributed by atoms with Gasteiger partial charge in [0.25, 0.3) is 0 Å². The first-order chi connectivity index (χ1) is 19.7. The van der Waals surface area contributed by atoms with Gasteiger partial charge in [-0.3, -0.25) is 13.9 Å². The first-order valence-corrected chi connectivity index (χ1v) is 16.2. The summed E-state index contributed by atoms with van der Waals surface area (Å²) >= 11 is 6.07. The summed E-state index contributed by atoms with van der Waals surface area (Å²) in [5, 5.41) is 12.5. The highest BCUT2D eigenvalue weighted by Crippen LogP contribution is 2.46. The predicted molar refractivity (Wildman–Crippen MR) is 158 cm³/mol. The van der Waals surface area contributed by atoms with Crippen molar-refractivity contribution in [1.82, 2.24) is 10.3 Å². The molecular formula is C30H32ClFN4O4S. The third kappa shape index (κ3) is 5.69. The van der Waals surface area contributed by atoms with Crippen LogP contribution in [0.1, 0.15) is 50.2 Å². The summed E-state index contributed by atoms with van der Waals surface area (Å²) in [5.41, 5.74) is 1.64. The highest BCUT2D eigenvalue weighted by Gasteiger charge is 2.47. The molecule has 0 spiro atoms. The Bertz CT molecular complexity index is 1490. The van der Waals surface area contributed by atoms with Gasteiger partial charge in [-0.1, -0.05) is 42.6 Å². The Hall–Kier alpha value is -3.10. The third-order valence-corrected chi connectivity index (χ3v) is 10.4. The van der Waals surface area contributed by atoms with Gasteiger partial charge in [-0.2, -0.15) is 15.9 Å². The molecule has 216 valence electrons. The fourth-order valence-electron chi connectivity index (χ4n) is 5.87. The fourth-order valence-corrected chi connectivity index (χ4v) is 7.27. The van der Waals surface area contributed by atoms with E-state index in [4.69, 9.17) is 21.0 Å². The molecule has 2 saturated carbocycles. The lowest BCUT2D eigenvalue weighted by molar-refractivity contribution is -0.127. The first-order valence-electron chi connectivity index (χ1n) is 14.0. The second-order valence-electron chi connectivity index (χ2n) is 11.3. The van der Waals surface area contributed by atoms with Crippen molar-refractivity contribution in [3.05, 3.63) is 59.1 Å². The first kappa shape index (κ1) is 28.0. The van der Waals surface area contributed by atoms with E-state index in [1.807, 2.05) is 24.3 Å². The van der Waals surface area contributed by atoms with E-state index in [0.717, 1.165) is 24.1 Å². The number of halogens is 2. The van der Waals surface area contributed by atoms with Crippen molar-refractivity contribution in [2.75, 3.05) is 29.5 Å². The molecule has 2 atom stereocenters. The largest absolute Gasteiger partial charge is 0.440 e. The van der Waals surface area contributed by atoms with Crippen LogP contribution in [0.15, 0.2) is 46.9 Å². The van der Waals surface area contributed by atoms with Crippen LogP contribution in [0.2, 0.25) is 5.02 Å². The van der Waals surface area contributed by atoms with Crippen LogP contribution in [0.25, 0.3) is 22.7 Å². The van der Waals surface area contributed by atoms with Gasteiger partial charge in [-0.05, 0) is 49.9 Å². The molecule has 2 aromatic carbocycles. The highest BCUT2D eigenvalue weighted by molar-refractivity contribution is 8.24. The van der Waals surface area contributed by atoms with E-state index in [1.165, 1.54) is 6.07 Å². The van der Waals surface area contributed by atoms with Crippen LogP contribution in [-0.4, -0.2) is 50.1 Å². The molecule has 0 bridgehead atoms. The second kappa shape index (κ2) is 11.0. The minimum absolute atomic E-state index is 0.0348. The van der Waals surface area contributed by atoms with E-state index >= 15 is 4.39 Å². The summed E-state index contributed by atoms with van der Waals surface area (Å²) in [6.45, 7) is 1.11. The second-order valence-corrected chi connectivity index (χ2v) is 14.1. The Morgan fingerprint density at radius 3 is 2.54 bits per heavy atom. The summed E-state index contributed by atoms with van der Waals surface area (Å²) in [6, 6.07) is 14.7. The number of aromatic nitrogens is 1. The predicted octanol–water partition coefficient (Wildman–Crippen LogP) is 6.82. The monoisotopic (exact) mass is 598 g/mol. The van der Waals surface area contributed by atoms with Crippen molar-refractivity contribution in [2.24, 2.45) is 5.92 Å². The summed E-state index contributed by atoms with van der Waals surface area (Å²) in [5.74, 6) is -0.152. The molecule has 11 heteroatoms. The highest BCUT2D eigenvalue weighted by atomic mass is 35.5. The number of nitrogens with zero attached hydrogens (tertiary/aromatic N) is 3. The molecule has 41 heavy (non-hydrogen) atoms. The molecule has 8 nitrogen and oxygen atoms in total. The lowest BCUT2D eigenvalue weighted by Gasteiger charge is -2.41. The summed E-state index contributed by atoms with van der Waals surface area (Å²) < 4.78 is 41.3. The zero-order valence-electron chi connectivity index (χ0n) is 22.5. The van der Waals surface area contributed by atoms with Gasteiger partial charge in [0, 0.05) is 36.2 Å². The van der Waals surface area contributed by atoms with E-state index in [9.17, 15) is 19.2 Å². The molecular weight excluding hydrogens is 567 g/mol. The van der Waals surface area contributed by atoms with Crippen LogP contribution in [0.3, 0.4) is 0 Å². The minimum atomic E-state index is -2.50. The molecule has 1 saturated heterocycles. The number of amides is 1. The Morgan fingerprint density at radius 2 is 1.85 bits per heavy atom. The number of rotatable bonds is 6. The van der Waals surface area contributed by atoms with Crippen LogP contribution >= 0.6 is 22.2 Å². The van der Waals surface area contributed by atoms with Gasteiger partial charge in [0.15, 0.2) is 5.82 Å². The molecule has 0 radical (unpaired) electrons. The van der Waals surface area contributed by atoms with Crippen LogP contribution in [-0.2, 0) is 4.79 Å². The fraction of sp³-hybridized carbons (Fsp3) is 0.433. The van der Waals surface area contributed by atoms with Crippen LogP contribution < -0.4 is 10.2 Å². The third-order valence-electron chi connectivity index (χ3n) is 8.48. The van der Waals surface area contributed by atoms with E-state index in [2.05, 4.69) is 16.3 Å². The smallest absolute Gasteiger partial charge is 0.229 e. The molecule has 1 amide bonds. The van der Waals surface area contributed by atoms with E-state index < -0.39 is 27.9 Å². The van der Waals surface area contributed by atoms with Gasteiger partial charge in [-0.15, -0.1) is 0 Å². The molecule has 2 aliphatic carbocycles. The average Bonchev–Trinajstić information content (AvgIpc) is 3.61. The van der Waals surface area contributed by atoms with Crippen molar-refractivity contribution in [2.45, 2.75) is 50.0 Å². The molecule has 3 aromatic rings. The van der Waals surface area contributed by atoms with E-state index in [0.29, 0.717) is 61.7 Å². The normalized spacial score (nSPS) is 23.8. The summed E-state index contributed by atoms with van der Waals surface area (Å²) in [6.07, 6.45) is 4.47. The van der Waals surface area contributed by atoms with Gasteiger partial charge in [0.1, 0.15) is 17.0 Å². The van der Waals surface area contributed by atoms with Crippen molar-refractivity contribution in [1.29, 1.82) is 5.26 Å². The van der Waals surface area contributed by atoms with Crippen LogP contribution in [0.4, 0.5) is 10.1 Å². The van der Waals surface area contributed by atoms with Gasteiger partial charge in [0.2, 0.25) is 11.8 Å². The zero-order chi connectivity index (χ0) is 28.8. The molecule has 2 heterocycles. The number of nitriles is 1. The van der Waals surface area contributed by atoms with Gasteiger partial charge >= 0.3 is 0 Å². The van der Waals surface area contributed by atoms with Crippen molar-refractivity contribution < 1.29 is 22.7 Å². The maximum absolute atomic E-state index is 15.1. The number of oxazole rings is 1. The van der Waals surface area contributed by atoms with Crippen LogP contribution in [0, 0.1) is 23.1 Å². The Kier molecular flexibility index (Phi) is 7.49. The Labute approximate surface area is 244 Å². The van der Waals surface area contributed by atoms with Crippen molar-refractivity contribution in [3.63, 3.8) is 0 Å². The quantitative estimate of drug-likeness (QED) is 0.284. The topological polar surface area (TPSA) is 123 Å². The molecule has 0 unspecified atom stereocenters. The molecule has 6 rings (SSSR count). The average molecular weight is 599 g/mol. The molecule has 3 fully saturated rings. The Morgan fingerprint density at radius 1 is 1.15 bits per heavy atom. The van der Waals surface area contributed by atoms with Crippen molar-refractivity contribution >= 4 is 33.8 Å². The number of carbonyl (C=O) groups excluding carboxylic acids is 1. The summed E-state index contributed by atoms with van der Waals surface area (Å²) in [7, 11) is -2.50. The number of carbonyl (C=O) groups is 1. The Balaban J connectivity index is 1.36. The molecule has 1 aliphatic heterocycles. The van der Waals surface area contributed by atoms with E-state index in [1.54, 1.807) is 12.1 Å². The number of hydrogen-bond acceptors (Lipinski definition) is 7. The number of anilines is 1. The number of hydrogen-bond donors (Lipinski definition) is 3. The molecule has 1 aromatic heterocycles. The lowest BCUT2D eigenvalue weighted by Crippen LogP contribution is -2.42. The van der Waals surface area contributed by atoms with Crippen LogP contribution in [0.5, 0.6) is 0 Å². The van der Waals surface area contributed by atoms with Gasteiger partial charge in [0.05, 0.1) is 28.2 Å². The SMILES string of the molecule is N#CC1(NC(=O)[C@@H]2CCCC[C@H]2c2oc(-c3cccc(Cl)c3F)nc2-c2ccc(N3CCS(O)(O)CC3)cc2)CC1. The van der Waals surface area contributed by atoms with Gasteiger partial charge < -0.3 is 14.6 Å². The lowest BCUT2D eigenvalue weighted by atomic mass is 9.76. The number of nitrogens with one attached hydrogen (secondary N) is 1. The maximum atomic E-state index is 15.1. The minimum Gasteiger partial charge on any atom is -0.440 e.